The third kappa shape index (κ3) is 4.66. The highest BCUT2D eigenvalue weighted by atomic mass is 35.5. The fourth-order valence-corrected chi connectivity index (χ4v) is 3.76. The molecular weight excluding hydrogens is 417 g/mol. The molecule has 4 nitrogen and oxygen atoms in total. The number of fused-ring (bicyclic) bond motifs is 1. The minimum atomic E-state index is -0.246. The van der Waals surface area contributed by atoms with Gasteiger partial charge in [-0.05, 0) is 54.4 Å². The van der Waals surface area contributed by atoms with Crippen molar-refractivity contribution < 1.29 is 4.79 Å². The Hall–Kier alpha value is -2.82. The number of hydrogen-bond acceptors (Lipinski definition) is 2. The standard InChI is InChI=1S/C24H21Cl2N3O/c1-16(27-23(30)14-17-6-10-19(25)11-7-17)24-28-21-4-2-3-5-22(21)29(24)15-18-8-12-20(26)13-9-18/h2-13,16H,14-15H2,1H3,(H,27,30). The lowest BCUT2D eigenvalue weighted by Gasteiger charge is -2.17. The van der Waals surface area contributed by atoms with Gasteiger partial charge < -0.3 is 9.88 Å². The number of carbonyl (C=O) groups excluding carboxylic acids is 1. The molecule has 0 spiro atoms. The Balaban J connectivity index is 1.58. The van der Waals surface area contributed by atoms with Crippen molar-refractivity contribution in [2.45, 2.75) is 25.9 Å². The average molecular weight is 438 g/mol. The number of nitrogens with zero attached hydrogens (tertiary/aromatic N) is 2. The summed E-state index contributed by atoms with van der Waals surface area (Å²) >= 11 is 12.0. The van der Waals surface area contributed by atoms with Gasteiger partial charge in [-0.3, -0.25) is 4.79 Å². The molecule has 1 amide bonds. The van der Waals surface area contributed by atoms with Gasteiger partial charge in [0.15, 0.2) is 0 Å². The summed E-state index contributed by atoms with van der Waals surface area (Å²) in [5, 5.41) is 4.44. The first-order valence-corrected chi connectivity index (χ1v) is 10.5. The maximum atomic E-state index is 12.6. The molecular formula is C24H21Cl2N3O. The Morgan fingerprint density at radius 1 is 0.933 bits per heavy atom. The lowest BCUT2D eigenvalue weighted by Crippen LogP contribution is -2.30. The molecule has 3 aromatic carbocycles. The molecule has 0 saturated heterocycles. The third-order valence-electron chi connectivity index (χ3n) is 4.98. The van der Waals surface area contributed by atoms with Crippen LogP contribution in [0.2, 0.25) is 10.0 Å². The van der Waals surface area contributed by atoms with Crippen LogP contribution in [-0.4, -0.2) is 15.5 Å². The first-order chi connectivity index (χ1) is 14.5. The van der Waals surface area contributed by atoms with Crippen LogP contribution in [0.1, 0.15) is 29.9 Å². The molecule has 0 aliphatic carbocycles. The van der Waals surface area contributed by atoms with E-state index in [1.54, 1.807) is 12.1 Å². The molecule has 1 heterocycles. The van der Waals surface area contributed by atoms with Crippen LogP contribution >= 0.6 is 23.2 Å². The van der Waals surface area contributed by atoms with E-state index in [9.17, 15) is 4.79 Å². The topological polar surface area (TPSA) is 46.9 Å². The number of amides is 1. The van der Waals surface area contributed by atoms with Crippen LogP contribution in [-0.2, 0) is 17.8 Å². The van der Waals surface area contributed by atoms with E-state index < -0.39 is 0 Å². The second-order valence-corrected chi connectivity index (χ2v) is 8.14. The molecule has 1 atom stereocenters. The lowest BCUT2D eigenvalue weighted by molar-refractivity contribution is -0.121. The second kappa shape index (κ2) is 8.90. The number of benzene rings is 3. The summed E-state index contributed by atoms with van der Waals surface area (Å²) in [5.41, 5.74) is 3.96. The van der Waals surface area contributed by atoms with Crippen molar-refractivity contribution in [2.24, 2.45) is 0 Å². The van der Waals surface area contributed by atoms with Crippen molar-refractivity contribution in [3.8, 4) is 0 Å². The summed E-state index contributed by atoms with van der Waals surface area (Å²) in [6.07, 6.45) is 0.291. The van der Waals surface area contributed by atoms with Crippen LogP contribution in [0.15, 0.2) is 72.8 Å². The van der Waals surface area contributed by atoms with E-state index in [1.165, 1.54) is 0 Å². The zero-order valence-electron chi connectivity index (χ0n) is 16.5. The Labute approximate surface area is 185 Å². The van der Waals surface area contributed by atoms with E-state index in [1.807, 2.05) is 67.6 Å². The van der Waals surface area contributed by atoms with Crippen molar-refractivity contribution in [1.29, 1.82) is 0 Å². The molecule has 4 rings (SSSR count). The Morgan fingerprint density at radius 2 is 1.53 bits per heavy atom. The minimum absolute atomic E-state index is 0.0603. The molecule has 0 aliphatic heterocycles. The molecule has 1 N–H and O–H groups in total. The number of nitrogens with one attached hydrogen (secondary N) is 1. The Morgan fingerprint density at radius 3 is 2.20 bits per heavy atom. The predicted molar refractivity (Wildman–Crippen MR) is 122 cm³/mol. The van der Waals surface area contributed by atoms with Crippen molar-refractivity contribution in [1.82, 2.24) is 14.9 Å². The zero-order chi connectivity index (χ0) is 21.1. The minimum Gasteiger partial charge on any atom is -0.346 e. The van der Waals surface area contributed by atoms with E-state index in [-0.39, 0.29) is 11.9 Å². The number of aromatic nitrogens is 2. The van der Waals surface area contributed by atoms with Gasteiger partial charge in [0.1, 0.15) is 5.82 Å². The number of halogens is 2. The van der Waals surface area contributed by atoms with Crippen molar-refractivity contribution in [3.05, 3.63) is 99.8 Å². The molecule has 0 fully saturated rings. The summed E-state index contributed by atoms with van der Waals surface area (Å²) in [4.78, 5) is 17.4. The SMILES string of the molecule is CC(NC(=O)Cc1ccc(Cl)cc1)c1nc2ccccc2n1Cc1ccc(Cl)cc1. The normalized spacial score (nSPS) is 12.1. The predicted octanol–water partition coefficient (Wildman–Crippen LogP) is 5.81. The van der Waals surface area contributed by atoms with E-state index in [4.69, 9.17) is 28.2 Å². The molecule has 0 radical (unpaired) electrons. The van der Waals surface area contributed by atoms with Crippen LogP contribution in [0.25, 0.3) is 11.0 Å². The maximum absolute atomic E-state index is 12.6. The molecule has 0 aliphatic rings. The van der Waals surface area contributed by atoms with Gasteiger partial charge in [-0.15, -0.1) is 0 Å². The van der Waals surface area contributed by atoms with Crippen LogP contribution in [0.3, 0.4) is 0 Å². The molecule has 4 aromatic rings. The smallest absolute Gasteiger partial charge is 0.224 e. The fourth-order valence-electron chi connectivity index (χ4n) is 3.51. The van der Waals surface area contributed by atoms with Crippen molar-refractivity contribution >= 4 is 40.1 Å². The first kappa shape index (κ1) is 20.5. The Kier molecular flexibility index (Phi) is 6.07. The highest BCUT2D eigenvalue weighted by molar-refractivity contribution is 6.30. The summed E-state index contributed by atoms with van der Waals surface area (Å²) in [7, 11) is 0. The number of rotatable bonds is 6. The second-order valence-electron chi connectivity index (χ2n) is 7.26. The number of imidazole rings is 1. The van der Waals surface area contributed by atoms with Gasteiger partial charge in [-0.2, -0.15) is 0 Å². The molecule has 1 aromatic heterocycles. The van der Waals surface area contributed by atoms with Crippen LogP contribution in [0.4, 0.5) is 0 Å². The highest BCUT2D eigenvalue weighted by Crippen LogP contribution is 2.23. The van der Waals surface area contributed by atoms with Gasteiger partial charge in [0.2, 0.25) is 5.91 Å². The van der Waals surface area contributed by atoms with Gasteiger partial charge in [0.05, 0.1) is 23.5 Å². The monoisotopic (exact) mass is 437 g/mol. The maximum Gasteiger partial charge on any atom is 0.224 e. The molecule has 30 heavy (non-hydrogen) atoms. The van der Waals surface area contributed by atoms with Gasteiger partial charge in [0, 0.05) is 16.6 Å². The largest absolute Gasteiger partial charge is 0.346 e. The summed E-state index contributed by atoms with van der Waals surface area (Å²) in [6, 6.07) is 22.8. The average Bonchev–Trinajstić information content (AvgIpc) is 3.10. The Bertz CT molecular complexity index is 1170. The number of carbonyl (C=O) groups is 1. The van der Waals surface area contributed by atoms with Gasteiger partial charge in [-0.1, -0.05) is 59.6 Å². The molecule has 0 saturated carbocycles. The molecule has 152 valence electrons. The summed E-state index contributed by atoms with van der Waals surface area (Å²) in [5.74, 6) is 0.755. The van der Waals surface area contributed by atoms with Crippen LogP contribution in [0, 0.1) is 0 Å². The lowest BCUT2D eigenvalue weighted by atomic mass is 10.1. The number of para-hydroxylation sites is 2. The van der Waals surface area contributed by atoms with E-state index in [0.29, 0.717) is 23.0 Å². The molecule has 1 unspecified atom stereocenters. The fraction of sp³-hybridized carbons (Fsp3) is 0.167. The number of hydrogen-bond donors (Lipinski definition) is 1. The van der Waals surface area contributed by atoms with E-state index in [0.717, 1.165) is 28.0 Å². The quantitative estimate of drug-likeness (QED) is 0.413. The van der Waals surface area contributed by atoms with Crippen molar-refractivity contribution in [3.63, 3.8) is 0 Å². The zero-order valence-corrected chi connectivity index (χ0v) is 18.0. The van der Waals surface area contributed by atoms with Crippen LogP contribution < -0.4 is 5.32 Å². The van der Waals surface area contributed by atoms with Gasteiger partial charge in [-0.25, -0.2) is 4.98 Å². The van der Waals surface area contributed by atoms with Crippen molar-refractivity contribution in [2.75, 3.05) is 0 Å². The summed E-state index contributed by atoms with van der Waals surface area (Å²) in [6.45, 7) is 2.60. The van der Waals surface area contributed by atoms with Crippen LogP contribution in [0.5, 0.6) is 0 Å². The van der Waals surface area contributed by atoms with E-state index in [2.05, 4.69) is 9.88 Å². The third-order valence-corrected chi connectivity index (χ3v) is 5.48. The highest BCUT2D eigenvalue weighted by Gasteiger charge is 2.19. The van der Waals surface area contributed by atoms with Gasteiger partial charge >= 0.3 is 0 Å². The summed E-state index contributed by atoms with van der Waals surface area (Å²) < 4.78 is 2.14. The molecule has 6 heteroatoms. The first-order valence-electron chi connectivity index (χ1n) is 9.73. The van der Waals surface area contributed by atoms with Gasteiger partial charge in [0.25, 0.3) is 0 Å². The molecule has 0 bridgehead atoms. The van der Waals surface area contributed by atoms with E-state index >= 15 is 0 Å².